The molecule has 3 aromatic carbocycles. The minimum absolute atomic E-state index is 0.243. The molecule has 0 unspecified atom stereocenters. The zero-order valence-corrected chi connectivity index (χ0v) is 14.9. The maximum atomic E-state index is 12.7. The number of benzene rings is 3. The number of urea groups is 1. The summed E-state index contributed by atoms with van der Waals surface area (Å²) in [5, 5.41) is 5.96. The third-order valence-corrected chi connectivity index (χ3v) is 4.26. The lowest BCUT2D eigenvalue weighted by Crippen LogP contribution is -2.33. The Morgan fingerprint density at radius 1 is 0.885 bits per heavy atom. The lowest BCUT2D eigenvalue weighted by molar-refractivity contribution is 0.250. The number of amides is 2. The number of anilines is 1. The molecule has 4 nitrogen and oxygen atoms in total. The van der Waals surface area contributed by atoms with Gasteiger partial charge in [0.15, 0.2) is 0 Å². The number of ether oxygens (including phenoxy) is 1. The van der Waals surface area contributed by atoms with Gasteiger partial charge in [0.25, 0.3) is 0 Å². The van der Waals surface area contributed by atoms with Gasteiger partial charge in [-0.25, -0.2) is 4.79 Å². The Morgan fingerprint density at radius 2 is 1.54 bits per heavy atom. The number of carbonyl (C=O) groups excluding carboxylic acids is 1. The Morgan fingerprint density at radius 3 is 2.27 bits per heavy atom. The number of methoxy groups -OCH3 is 1. The molecule has 0 saturated carbocycles. The first-order chi connectivity index (χ1) is 12.7. The molecular formula is C22H22N2O2. The molecule has 0 saturated heterocycles. The molecule has 0 aromatic heterocycles. The normalized spacial score (nSPS) is 11.5. The fourth-order valence-corrected chi connectivity index (χ4v) is 2.93. The number of nitrogens with one attached hydrogen (secondary N) is 2. The fraction of sp³-hybridized carbons (Fsp3) is 0.136. The summed E-state index contributed by atoms with van der Waals surface area (Å²) in [4.78, 5) is 12.7. The van der Waals surface area contributed by atoms with Crippen LogP contribution >= 0.6 is 0 Å². The van der Waals surface area contributed by atoms with Crippen molar-refractivity contribution in [2.75, 3.05) is 12.4 Å². The Balaban J connectivity index is 1.86. The van der Waals surface area contributed by atoms with E-state index in [1.54, 1.807) is 7.11 Å². The van der Waals surface area contributed by atoms with E-state index in [0.29, 0.717) is 11.4 Å². The molecule has 0 fully saturated rings. The van der Waals surface area contributed by atoms with Crippen molar-refractivity contribution in [3.63, 3.8) is 0 Å². The molecule has 0 spiro atoms. The van der Waals surface area contributed by atoms with Crippen molar-refractivity contribution in [3.05, 3.63) is 95.6 Å². The van der Waals surface area contributed by atoms with Gasteiger partial charge in [-0.3, -0.25) is 0 Å². The molecule has 0 radical (unpaired) electrons. The maximum Gasteiger partial charge on any atom is 0.320 e. The zero-order chi connectivity index (χ0) is 18.4. The van der Waals surface area contributed by atoms with Crippen molar-refractivity contribution in [2.24, 2.45) is 0 Å². The minimum atomic E-state index is -0.286. The van der Waals surface area contributed by atoms with E-state index in [4.69, 9.17) is 4.74 Å². The molecule has 2 amide bonds. The second-order valence-electron chi connectivity index (χ2n) is 6.00. The van der Waals surface area contributed by atoms with Crippen LogP contribution in [0.15, 0.2) is 78.9 Å². The Kier molecular flexibility index (Phi) is 5.54. The summed E-state index contributed by atoms with van der Waals surface area (Å²) >= 11 is 0. The quantitative estimate of drug-likeness (QED) is 0.689. The molecule has 132 valence electrons. The smallest absolute Gasteiger partial charge is 0.320 e. The molecule has 0 aliphatic heterocycles. The summed E-state index contributed by atoms with van der Waals surface area (Å²) in [5.41, 5.74) is 3.84. The first-order valence-electron chi connectivity index (χ1n) is 8.50. The standard InChI is InChI=1S/C22H22N2O2/c1-16-10-6-7-13-18(16)21(17-11-4-3-5-12-17)24-22(25)23-19-14-8-9-15-20(19)26-2/h3-15,21H,1-2H3,(H2,23,24,25)/t21-/m1/s1. The lowest BCUT2D eigenvalue weighted by Gasteiger charge is -2.22. The van der Waals surface area contributed by atoms with Crippen molar-refractivity contribution in [1.82, 2.24) is 5.32 Å². The summed E-state index contributed by atoms with van der Waals surface area (Å²) in [7, 11) is 1.58. The summed E-state index contributed by atoms with van der Waals surface area (Å²) < 4.78 is 5.30. The first-order valence-corrected chi connectivity index (χ1v) is 8.50. The van der Waals surface area contributed by atoms with Crippen molar-refractivity contribution >= 4 is 11.7 Å². The van der Waals surface area contributed by atoms with Gasteiger partial charge in [-0.05, 0) is 35.7 Å². The number of para-hydroxylation sites is 2. The summed E-state index contributed by atoms with van der Waals surface area (Å²) in [5.74, 6) is 0.620. The van der Waals surface area contributed by atoms with E-state index in [2.05, 4.69) is 10.6 Å². The molecule has 26 heavy (non-hydrogen) atoms. The maximum absolute atomic E-state index is 12.7. The average molecular weight is 346 g/mol. The van der Waals surface area contributed by atoms with E-state index in [-0.39, 0.29) is 12.1 Å². The topological polar surface area (TPSA) is 50.4 Å². The number of hydrogen-bond acceptors (Lipinski definition) is 2. The molecule has 0 heterocycles. The monoisotopic (exact) mass is 346 g/mol. The van der Waals surface area contributed by atoms with Crippen LogP contribution < -0.4 is 15.4 Å². The minimum Gasteiger partial charge on any atom is -0.495 e. The Hall–Kier alpha value is -3.27. The SMILES string of the molecule is COc1ccccc1NC(=O)N[C@H](c1ccccc1)c1ccccc1C. The highest BCUT2D eigenvalue weighted by atomic mass is 16.5. The van der Waals surface area contributed by atoms with Gasteiger partial charge < -0.3 is 15.4 Å². The lowest BCUT2D eigenvalue weighted by atomic mass is 9.95. The van der Waals surface area contributed by atoms with Crippen molar-refractivity contribution in [3.8, 4) is 5.75 Å². The van der Waals surface area contributed by atoms with Gasteiger partial charge in [0.05, 0.1) is 18.8 Å². The zero-order valence-electron chi connectivity index (χ0n) is 14.9. The van der Waals surface area contributed by atoms with Crippen molar-refractivity contribution in [2.45, 2.75) is 13.0 Å². The van der Waals surface area contributed by atoms with Crippen LogP contribution in [0.3, 0.4) is 0 Å². The number of hydrogen-bond donors (Lipinski definition) is 2. The first kappa shape index (κ1) is 17.5. The van der Waals surface area contributed by atoms with E-state index in [0.717, 1.165) is 16.7 Å². The van der Waals surface area contributed by atoms with Crippen LogP contribution in [0, 0.1) is 6.92 Å². The van der Waals surface area contributed by atoms with E-state index in [1.165, 1.54) is 0 Å². The summed E-state index contributed by atoms with van der Waals surface area (Å²) in [6.45, 7) is 2.05. The average Bonchev–Trinajstić information content (AvgIpc) is 2.68. The number of rotatable bonds is 5. The predicted molar refractivity (Wildman–Crippen MR) is 105 cm³/mol. The Bertz CT molecular complexity index is 878. The van der Waals surface area contributed by atoms with Crippen LogP contribution in [0.5, 0.6) is 5.75 Å². The molecule has 0 bridgehead atoms. The van der Waals surface area contributed by atoms with E-state index in [9.17, 15) is 4.79 Å². The van der Waals surface area contributed by atoms with E-state index in [1.807, 2.05) is 85.8 Å². The number of carbonyl (C=O) groups is 1. The molecule has 3 rings (SSSR count). The number of aryl methyl sites for hydroxylation is 1. The molecule has 1 atom stereocenters. The van der Waals surface area contributed by atoms with Crippen molar-refractivity contribution in [1.29, 1.82) is 0 Å². The highest BCUT2D eigenvalue weighted by molar-refractivity contribution is 5.91. The van der Waals surface area contributed by atoms with Crippen LogP contribution in [-0.4, -0.2) is 13.1 Å². The van der Waals surface area contributed by atoms with E-state index >= 15 is 0 Å². The van der Waals surface area contributed by atoms with Gasteiger partial charge in [-0.15, -0.1) is 0 Å². The molecular weight excluding hydrogens is 324 g/mol. The fourth-order valence-electron chi connectivity index (χ4n) is 2.93. The molecule has 2 N–H and O–H groups in total. The second kappa shape index (κ2) is 8.21. The van der Waals surface area contributed by atoms with Crippen LogP contribution in [0.1, 0.15) is 22.7 Å². The molecule has 0 aliphatic rings. The molecule has 0 aliphatic carbocycles. The van der Waals surface area contributed by atoms with Crippen LogP contribution in [0.4, 0.5) is 10.5 Å². The van der Waals surface area contributed by atoms with Gasteiger partial charge in [0.1, 0.15) is 5.75 Å². The van der Waals surface area contributed by atoms with Gasteiger partial charge in [0.2, 0.25) is 0 Å². The van der Waals surface area contributed by atoms with Gasteiger partial charge in [-0.2, -0.15) is 0 Å². The predicted octanol–water partition coefficient (Wildman–Crippen LogP) is 4.91. The summed E-state index contributed by atoms with van der Waals surface area (Å²) in [6.07, 6.45) is 0. The van der Waals surface area contributed by atoms with Crippen molar-refractivity contribution < 1.29 is 9.53 Å². The largest absolute Gasteiger partial charge is 0.495 e. The van der Waals surface area contributed by atoms with Gasteiger partial charge in [-0.1, -0.05) is 66.7 Å². The third kappa shape index (κ3) is 4.03. The molecule has 3 aromatic rings. The van der Waals surface area contributed by atoms with Crippen LogP contribution in [0.2, 0.25) is 0 Å². The highest BCUT2D eigenvalue weighted by Crippen LogP contribution is 2.26. The van der Waals surface area contributed by atoms with Crippen LogP contribution in [-0.2, 0) is 0 Å². The highest BCUT2D eigenvalue weighted by Gasteiger charge is 2.19. The summed E-state index contributed by atoms with van der Waals surface area (Å²) in [6, 6.07) is 24.8. The van der Waals surface area contributed by atoms with Gasteiger partial charge in [0, 0.05) is 0 Å². The second-order valence-corrected chi connectivity index (χ2v) is 6.00. The molecule has 4 heteroatoms. The van der Waals surface area contributed by atoms with Crippen LogP contribution in [0.25, 0.3) is 0 Å². The van der Waals surface area contributed by atoms with Gasteiger partial charge >= 0.3 is 6.03 Å². The van der Waals surface area contributed by atoms with E-state index < -0.39 is 0 Å². The Labute approximate surface area is 153 Å². The third-order valence-electron chi connectivity index (χ3n) is 4.26.